The molecule has 0 spiro atoms. The van der Waals surface area contributed by atoms with Gasteiger partial charge in [-0.1, -0.05) is 0 Å². The number of nitrogens with zero attached hydrogens (tertiary/aromatic N) is 5. The summed E-state index contributed by atoms with van der Waals surface area (Å²) in [4.78, 5) is 31.2. The summed E-state index contributed by atoms with van der Waals surface area (Å²) in [6.45, 7) is 5.29. The van der Waals surface area contributed by atoms with Crippen LogP contribution in [0.15, 0.2) is 16.5 Å². The number of thiazole rings is 1. The molecule has 0 saturated carbocycles. The van der Waals surface area contributed by atoms with Crippen molar-refractivity contribution >= 4 is 38.3 Å². The molecule has 32 heavy (non-hydrogen) atoms. The van der Waals surface area contributed by atoms with Crippen LogP contribution in [0.3, 0.4) is 0 Å². The number of piperidine rings is 1. The average Bonchev–Trinajstić information content (AvgIpc) is 3.51. The molecule has 4 rings (SSSR count). The lowest BCUT2D eigenvalue weighted by molar-refractivity contribution is -0.131. The zero-order valence-corrected chi connectivity index (χ0v) is 19.9. The van der Waals surface area contributed by atoms with E-state index in [4.69, 9.17) is 0 Å². The van der Waals surface area contributed by atoms with E-state index in [1.807, 2.05) is 0 Å². The van der Waals surface area contributed by atoms with Gasteiger partial charge in [-0.25, -0.2) is 13.4 Å². The second-order valence-corrected chi connectivity index (χ2v) is 11.0. The standard InChI is InChI=1S/C20H28N6O4S2/c1-14-18(15(2)26(23-14)13-17(27)24-8-3-4-9-24)32(29,30)25-10-5-6-16(12-25)19(28)22-20-21-7-11-31-20/h7,11,16H,3-6,8-10,12-13H2,1-2H3,(H,21,22,28). The van der Waals surface area contributed by atoms with Crippen molar-refractivity contribution in [2.24, 2.45) is 5.92 Å². The van der Waals surface area contributed by atoms with Crippen LogP contribution >= 0.6 is 11.3 Å². The highest BCUT2D eigenvalue weighted by Gasteiger charge is 2.37. The summed E-state index contributed by atoms with van der Waals surface area (Å²) in [7, 11) is -3.85. The Balaban J connectivity index is 1.50. The summed E-state index contributed by atoms with van der Waals surface area (Å²) >= 11 is 1.32. The Morgan fingerprint density at radius 3 is 2.62 bits per heavy atom. The van der Waals surface area contributed by atoms with Gasteiger partial charge in [-0.2, -0.15) is 9.40 Å². The summed E-state index contributed by atoms with van der Waals surface area (Å²) < 4.78 is 29.9. The number of rotatable bonds is 6. The molecule has 2 amide bonds. The first-order valence-electron chi connectivity index (χ1n) is 10.8. The normalized spacial score (nSPS) is 19.9. The third-order valence-electron chi connectivity index (χ3n) is 6.07. The zero-order valence-electron chi connectivity index (χ0n) is 18.3. The molecule has 2 aliphatic rings. The van der Waals surface area contributed by atoms with Crippen molar-refractivity contribution in [3.05, 3.63) is 23.0 Å². The van der Waals surface area contributed by atoms with Crippen LogP contribution in [-0.2, 0) is 26.2 Å². The van der Waals surface area contributed by atoms with Gasteiger partial charge >= 0.3 is 0 Å². The largest absolute Gasteiger partial charge is 0.341 e. The first kappa shape index (κ1) is 22.9. The molecule has 1 unspecified atom stereocenters. The van der Waals surface area contributed by atoms with Gasteiger partial charge in [-0.3, -0.25) is 14.3 Å². The van der Waals surface area contributed by atoms with Crippen molar-refractivity contribution in [1.29, 1.82) is 0 Å². The maximum absolute atomic E-state index is 13.5. The molecule has 174 valence electrons. The lowest BCUT2D eigenvalue weighted by Crippen LogP contribution is -2.44. The van der Waals surface area contributed by atoms with Crippen molar-refractivity contribution in [3.63, 3.8) is 0 Å². The summed E-state index contributed by atoms with van der Waals surface area (Å²) in [6, 6.07) is 0. The van der Waals surface area contributed by atoms with Crippen LogP contribution in [0.1, 0.15) is 37.1 Å². The number of carbonyl (C=O) groups excluding carboxylic acids is 2. The van der Waals surface area contributed by atoms with Crippen molar-refractivity contribution < 1.29 is 18.0 Å². The fraction of sp³-hybridized carbons (Fsp3) is 0.600. The Bertz CT molecular complexity index is 1090. The van der Waals surface area contributed by atoms with Crippen LogP contribution in [-0.4, -0.2) is 70.4 Å². The van der Waals surface area contributed by atoms with E-state index < -0.39 is 15.9 Å². The topological polar surface area (TPSA) is 118 Å². The maximum atomic E-state index is 13.5. The molecular formula is C20H28N6O4S2. The van der Waals surface area contributed by atoms with Crippen molar-refractivity contribution in [1.82, 2.24) is 24.0 Å². The SMILES string of the molecule is Cc1nn(CC(=O)N2CCCC2)c(C)c1S(=O)(=O)N1CCCC(C(=O)Nc2nccs2)C1. The van der Waals surface area contributed by atoms with Crippen molar-refractivity contribution in [2.45, 2.75) is 51.0 Å². The first-order valence-corrected chi connectivity index (χ1v) is 13.1. The van der Waals surface area contributed by atoms with E-state index in [1.54, 1.807) is 30.3 Å². The van der Waals surface area contributed by atoms with Gasteiger partial charge in [-0.05, 0) is 39.5 Å². The van der Waals surface area contributed by atoms with Crippen LogP contribution in [0, 0.1) is 19.8 Å². The molecule has 2 aromatic rings. The molecule has 0 aromatic carbocycles. The predicted molar refractivity (Wildman–Crippen MR) is 120 cm³/mol. The van der Waals surface area contributed by atoms with Crippen LogP contribution in [0.25, 0.3) is 0 Å². The van der Waals surface area contributed by atoms with E-state index in [0.717, 1.165) is 25.9 Å². The van der Waals surface area contributed by atoms with Gasteiger partial charge in [0.15, 0.2) is 5.13 Å². The van der Waals surface area contributed by atoms with Gasteiger partial charge in [0.05, 0.1) is 17.3 Å². The minimum atomic E-state index is -3.85. The van der Waals surface area contributed by atoms with Crippen LogP contribution < -0.4 is 5.32 Å². The van der Waals surface area contributed by atoms with Gasteiger partial charge < -0.3 is 10.2 Å². The second-order valence-electron chi connectivity index (χ2n) is 8.27. The Morgan fingerprint density at radius 1 is 1.19 bits per heavy atom. The van der Waals surface area contributed by atoms with Crippen LogP contribution in [0.4, 0.5) is 5.13 Å². The molecule has 2 aliphatic heterocycles. The maximum Gasteiger partial charge on any atom is 0.246 e. The Morgan fingerprint density at radius 2 is 1.94 bits per heavy atom. The number of carbonyl (C=O) groups is 2. The van der Waals surface area contributed by atoms with Gasteiger partial charge in [0.2, 0.25) is 21.8 Å². The third-order valence-corrected chi connectivity index (χ3v) is 8.88. The average molecular weight is 481 g/mol. The van der Waals surface area contributed by atoms with Crippen LogP contribution in [0.2, 0.25) is 0 Å². The number of sulfonamides is 1. The molecule has 4 heterocycles. The number of aryl methyl sites for hydroxylation is 1. The van der Waals surface area contributed by atoms with Crippen molar-refractivity contribution in [3.8, 4) is 0 Å². The van der Waals surface area contributed by atoms with E-state index in [0.29, 0.717) is 35.9 Å². The number of hydrogen-bond donors (Lipinski definition) is 1. The monoisotopic (exact) mass is 480 g/mol. The number of anilines is 1. The molecule has 1 atom stereocenters. The third kappa shape index (κ3) is 4.57. The molecule has 12 heteroatoms. The molecule has 2 saturated heterocycles. The van der Waals surface area contributed by atoms with Crippen LogP contribution in [0.5, 0.6) is 0 Å². The Kier molecular flexibility index (Phi) is 6.63. The van der Waals surface area contributed by atoms with E-state index in [1.165, 1.54) is 20.3 Å². The Hall–Kier alpha value is -2.31. The fourth-order valence-corrected chi connectivity index (χ4v) is 6.83. The minimum Gasteiger partial charge on any atom is -0.341 e. The number of hydrogen-bond acceptors (Lipinski definition) is 7. The quantitative estimate of drug-likeness (QED) is 0.671. The molecule has 0 bridgehead atoms. The zero-order chi connectivity index (χ0) is 22.9. The first-order chi connectivity index (χ1) is 15.3. The van der Waals surface area contributed by atoms with Gasteiger partial charge in [0, 0.05) is 37.8 Å². The lowest BCUT2D eigenvalue weighted by atomic mass is 9.99. The molecule has 0 radical (unpaired) electrons. The summed E-state index contributed by atoms with van der Waals surface area (Å²) in [6.07, 6.45) is 4.80. The molecule has 2 aromatic heterocycles. The fourth-order valence-electron chi connectivity index (χ4n) is 4.40. The van der Waals surface area contributed by atoms with Gasteiger partial charge in [-0.15, -0.1) is 11.3 Å². The summed E-state index contributed by atoms with van der Waals surface area (Å²) in [5, 5.41) is 9.40. The van der Waals surface area contributed by atoms with Gasteiger partial charge in [0.1, 0.15) is 11.4 Å². The molecule has 2 fully saturated rings. The molecular weight excluding hydrogens is 452 g/mol. The highest BCUT2D eigenvalue weighted by molar-refractivity contribution is 7.89. The predicted octanol–water partition coefficient (Wildman–Crippen LogP) is 1.62. The van der Waals surface area contributed by atoms with Crippen molar-refractivity contribution in [2.75, 3.05) is 31.5 Å². The molecule has 1 N–H and O–H groups in total. The minimum absolute atomic E-state index is 0.0288. The van der Waals surface area contributed by atoms with E-state index in [-0.39, 0.29) is 29.8 Å². The van der Waals surface area contributed by atoms with E-state index in [2.05, 4.69) is 15.4 Å². The molecule has 10 nitrogen and oxygen atoms in total. The number of aromatic nitrogens is 3. The smallest absolute Gasteiger partial charge is 0.246 e. The summed E-state index contributed by atoms with van der Waals surface area (Å²) in [5.41, 5.74) is 0.815. The van der Waals surface area contributed by atoms with Gasteiger partial charge in [0.25, 0.3) is 0 Å². The number of amides is 2. The van der Waals surface area contributed by atoms with E-state index >= 15 is 0 Å². The lowest BCUT2D eigenvalue weighted by Gasteiger charge is -2.31. The number of likely N-dealkylation sites (tertiary alicyclic amines) is 1. The highest BCUT2D eigenvalue weighted by Crippen LogP contribution is 2.28. The number of nitrogens with one attached hydrogen (secondary N) is 1. The highest BCUT2D eigenvalue weighted by atomic mass is 32.2. The molecule has 0 aliphatic carbocycles. The second kappa shape index (κ2) is 9.28. The summed E-state index contributed by atoms with van der Waals surface area (Å²) in [5.74, 6) is -0.719. The Labute approximate surface area is 191 Å². The van der Waals surface area contributed by atoms with E-state index in [9.17, 15) is 18.0 Å².